The lowest BCUT2D eigenvalue weighted by Crippen LogP contribution is -2.00. The van der Waals surface area contributed by atoms with Gasteiger partial charge in [-0.25, -0.2) is 8.78 Å². The van der Waals surface area contributed by atoms with E-state index < -0.39 is 17.4 Å². The van der Waals surface area contributed by atoms with Crippen LogP contribution in [0.2, 0.25) is 5.02 Å². The molecule has 0 saturated heterocycles. The molecule has 1 heterocycles. The van der Waals surface area contributed by atoms with Gasteiger partial charge in [0.15, 0.2) is 17.2 Å². The monoisotopic (exact) mass is 292 g/mol. The summed E-state index contributed by atoms with van der Waals surface area (Å²) in [5, 5.41) is 0.403. The normalized spacial score (nSPS) is 10.9. The van der Waals surface area contributed by atoms with E-state index in [0.717, 1.165) is 6.07 Å². The number of hydrogen-bond acceptors (Lipinski definition) is 2. The molecule has 100 valence electrons. The smallest absolute Gasteiger partial charge is 0.228 e. The zero-order chi connectivity index (χ0) is 14.3. The zero-order valence-corrected chi connectivity index (χ0v) is 10.7. The molecule has 0 atom stereocenters. The number of benzene rings is 2. The van der Waals surface area contributed by atoms with Crippen LogP contribution in [0.1, 0.15) is 16.1 Å². The molecular weight excluding hydrogens is 286 g/mol. The quantitative estimate of drug-likeness (QED) is 0.646. The molecule has 0 saturated carbocycles. The molecule has 0 radical (unpaired) electrons. The maximum absolute atomic E-state index is 13.5. The van der Waals surface area contributed by atoms with Crippen molar-refractivity contribution in [2.75, 3.05) is 0 Å². The molecule has 2 nitrogen and oxygen atoms in total. The number of carbonyl (C=O) groups excluding carboxylic acids is 1. The van der Waals surface area contributed by atoms with Gasteiger partial charge in [-0.1, -0.05) is 23.7 Å². The first-order valence-corrected chi connectivity index (χ1v) is 6.12. The lowest BCUT2D eigenvalue weighted by atomic mass is 10.1. The van der Waals surface area contributed by atoms with Crippen LogP contribution >= 0.6 is 11.6 Å². The number of halogens is 3. The average molecular weight is 293 g/mol. The van der Waals surface area contributed by atoms with Gasteiger partial charge in [-0.2, -0.15) is 0 Å². The van der Waals surface area contributed by atoms with Crippen molar-refractivity contribution in [3.05, 3.63) is 70.4 Å². The summed E-state index contributed by atoms with van der Waals surface area (Å²) in [5.74, 6) is -1.83. The predicted molar refractivity (Wildman–Crippen MR) is 71.0 cm³/mol. The summed E-state index contributed by atoms with van der Waals surface area (Å²) < 4.78 is 32.1. The van der Waals surface area contributed by atoms with Crippen molar-refractivity contribution in [1.82, 2.24) is 0 Å². The summed E-state index contributed by atoms with van der Waals surface area (Å²) in [6, 6.07) is 9.50. The van der Waals surface area contributed by atoms with Crippen molar-refractivity contribution in [3.63, 3.8) is 0 Å². The molecule has 5 heteroatoms. The van der Waals surface area contributed by atoms with E-state index in [1.54, 1.807) is 6.07 Å². The van der Waals surface area contributed by atoms with Gasteiger partial charge in [0, 0.05) is 10.9 Å². The molecule has 2 aromatic carbocycles. The second-order valence-corrected chi connectivity index (χ2v) is 4.63. The minimum Gasteiger partial charge on any atom is -0.449 e. The van der Waals surface area contributed by atoms with E-state index in [9.17, 15) is 13.6 Å². The van der Waals surface area contributed by atoms with Crippen molar-refractivity contribution in [1.29, 1.82) is 0 Å². The highest BCUT2D eigenvalue weighted by Gasteiger charge is 2.17. The van der Waals surface area contributed by atoms with Gasteiger partial charge in [-0.15, -0.1) is 0 Å². The Morgan fingerprint density at radius 1 is 1.05 bits per heavy atom. The Labute approximate surface area is 117 Å². The Hall–Kier alpha value is -2.20. The minimum atomic E-state index is -0.695. The van der Waals surface area contributed by atoms with Gasteiger partial charge in [-0.3, -0.25) is 4.79 Å². The molecule has 20 heavy (non-hydrogen) atoms. The van der Waals surface area contributed by atoms with Crippen LogP contribution in [-0.2, 0) is 0 Å². The van der Waals surface area contributed by atoms with Crippen molar-refractivity contribution >= 4 is 28.4 Å². The van der Waals surface area contributed by atoms with E-state index in [-0.39, 0.29) is 21.9 Å². The number of rotatable bonds is 2. The van der Waals surface area contributed by atoms with Crippen LogP contribution in [0.15, 0.2) is 46.9 Å². The van der Waals surface area contributed by atoms with E-state index in [4.69, 9.17) is 16.0 Å². The Kier molecular flexibility index (Phi) is 3.03. The van der Waals surface area contributed by atoms with Crippen LogP contribution < -0.4 is 0 Å². The summed E-state index contributed by atoms with van der Waals surface area (Å²) in [5.41, 5.74) is 0.0941. The van der Waals surface area contributed by atoms with Gasteiger partial charge in [0.1, 0.15) is 5.82 Å². The first-order chi connectivity index (χ1) is 9.56. The van der Waals surface area contributed by atoms with Crippen LogP contribution in [0.3, 0.4) is 0 Å². The Balaban J connectivity index is 2.08. The highest BCUT2D eigenvalue weighted by molar-refractivity contribution is 6.30. The van der Waals surface area contributed by atoms with E-state index in [1.807, 2.05) is 0 Å². The predicted octanol–water partition coefficient (Wildman–Crippen LogP) is 4.60. The molecule has 0 aliphatic heterocycles. The number of hydrogen-bond donors (Lipinski definition) is 0. The van der Waals surface area contributed by atoms with Crippen molar-refractivity contribution in [2.24, 2.45) is 0 Å². The summed E-state index contributed by atoms with van der Waals surface area (Å²) in [6.07, 6.45) is 0. The summed E-state index contributed by atoms with van der Waals surface area (Å²) in [4.78, 5) is 12.2. The van der Waals surface area contributed by atoms with Crippen molar-refractivity contribution < 1.29 is 18.0 Å². The van der Waals surface area contributed by atoms with E-state index in [0.29, 0.717) is 5.39 Å². The molecule has 1 aromatic heterocycles. The van der Waals surface area contributed by atoms with Gasteiger partial charge < -0.3 is 4.42 Å². The Morgan fingerprint density at radius 3 is 2.55 bits per heavy atom. The molecule has 0 bridgehead atoms. The Morgan fingerprint density at radius 2 is 1.85 bits per heavy atom. The third-order valence-electron chi connectivity index (χ3n) is 2.90. The maximum atomic E-state index is 13.5. The van der Waals surface area contributed by atoms with E-state index in [2.05, 4.69) is 0 Å². The molecule has 3 rings (SSSR count). The largest absolute Gasteiger partial charge is 0.449 e. The zero-order valence-electron chi connectivity index (χ0n) is 9.99. The summed E-state index contributed by atoms with van der Waals surface area (Å²) in [6.45, 7) is 0. The lowest BCUT2D eigenvalue weighted by molar-refractivity contribution is 0.101. The Bertz CT molecular complexity index is 824. The fourth-order valence-electron chi connectivity index (χ4n) is 1.92. The van der Waals surface area contributed by atoms with Crippen LogP contribution in [-0.4, -0.2) is 5.78 Å². The second kappa shape index (κ2) is 4.72. The highest BCUT2D eigenvalue weighted by atomic mass is 35.5. The number of para-hydroxylation sites is 1. The molecule has 0 aliphatic carbocycles. The van der Waals surface area contributed by atoms with Gasteiger partial charge in [-0.05, 0) is 30.3 Å². The highest BCUT2D eigenvalue weighted by Crippen LogP contribution is 2.25. The molecule has 0 fully saturated rings. The first kappa shape index (κ1) is 12.8. The maximum Gasteiger partial charge on any atom is 0.228 e. The minimum absolute atomic E-state index is 0.00489. The third kappa shape index (κ3) is 2.08. The van der Waals surface area contributed by atoms with E-state index >= 15 is 0 Å². The third-order valence-corrected chi connectivity index (χ3v) is 3.21. The van der Waals surface area contributed by atoms with Crippen LogP contribution in [0.4, 0.5) is 8.78 Å². The topological polar surface area (TPSA) is 30.2 Å². The molecule has 0 unspecified atom stereocenters. The van der Waals surface area contributed by atoms with Crippen LogP contribution in [0.5, 0.6) is 0 Å². The van der Waals surface area contributed by atoms with Gasteiger partial charge in [0.05, 0.1) is 5.02 Å². The van der Waals surface area contributed by atoms with E-state index in [1.165, 1.54) is 30.3 Å². The fourth-order valence-corrected chi connectivity index (χ4v) is 2.04. The second-order valence-electron chi connectivity index (χ2n) is 4.23. The molecule has 3 aromatic rings. The summed E-state index contributed by atoms with van der Waals surface area (Å²) in [7, 11) is 0. The molecular formula is C15H7ClF2O2. The first-order valence-electron chi connectivity index (χ1n) is 5.74. The summed E-state index contributed by atoms with van der Waals surface area (Å²) >= 11 is 5.56. The number of furan rings is 1. The molecule has 0 amide bonds. The van der Waals surface area contributed by atoms with Gasteiger partial charge in [0.25, 0.3) is 0 Å². The number of carbonyl (C=O) groups is 1. The van der Waals surface area contributed by atoms with Crippen LogP contribution in [0.25, 0.3) is 11.0 Å². The molecule has 0 aliphatic rings. The molecule has 0 N–H and O–H groups in total. The van der Waals surface area contributed by atoms with Crippen LogP contribution in [0, 0.1) is 11.6 Å². The van der Waals surface area contributed by atoms with Crippen molar-refractivity contribution in [3.8, 4) is 0 Å². The number of fused-ring (bicyclic) bond motifs is 1. The molecule has 0 spiro atoms. The number of ketones is 1. The van der Waals surface area contributed by atoms with Gasteiger partial charge >= 0.3 is 0 Å². The van der Waals surface area contributed by atoms with Crippen molar-refractivity contribution in [2.45, 2.75) is 0 Å². The van der Waals surface area contributed by atoms with Gasteiger partial charge in [0.2, 0.25) is 5.78 Å². The average Bonchev–Trinajstić information content (AvgIpc) is 2.86. The standard InChI is InChI=1S/C15H7ClF2O2/c16-10-5-4-8(6-12(10)18)14(19)13-7-9-2-1-3-11(17)15(9)20-13/h1-7H. The fraction of sp³-hybridized carbons (Fsp3) is 0. The SMILES string of the molecule is O=C(c1ccc(Cl)c(F)c1)c1cc2cccc(F)c2o1. The lowest BCUT2D eigenvalue weighted by Gasteiger charge is -1.99.